The molecule has 2 aromatic rings. The summed E-state index contributed by atoms with van der Waals surface area (Å²) in [7, 11) is 0. The second kappa shape index (κ2) is 7.99. The Balaban J connectivity index is 2.30. The Bertz CT molecular complexity index is 760. The highest BCUT2D eigenvalue weighted by Gasteiger charge is 2.13. The number of hydrogen-bond acceptors (Lipinski definition) is 5. The molecule has 24 heavy (non-hydrogen) atoms. The lowest BCUT2D eigenvalue weighted by Crippen LogP contribution is -2.99. The number of nitrogens with one attached hydrogen (secondary N) is 3. The van der Waals surface area contributed by atoms with Crippen LogP contribution in [0.1, 0.15) is 15.9 Å². The van der Waals surface area contributed by atoms with Gasteiger partial charge in [-0.25, -0.2) is 11.0 Å². The van der Waals surface area contributed by atoms with E-state index >= 15 is 0 Å². The molecule has 6 N–H and O–H groups in total. The lowest BCUT2D eigenvalue weighted by molar-refractivity contribution is -0.991. The number of benzene rings is 2. The van der Waals surface area contributed by atoms with E-state index in [9.17, 15) is 14.8 Å². The predicted molar refractivity (Wildman–Crippen MR) is 86.4 cm³/mol. The van der Waals surface area contributed by atoms with Gasteiger partial charge in [0.2, 0.25) is 0 Å². The van der Waals surface area contributed by atoms with Crippen LogP contribution in [0.2, 0.25) is 0 Å². The lowest BCUT2D eigenvalue weighted by atomic mass is 10.1. The number of hydrazine groups is 1. The van der Waals surface area contributed by atoms with Crippen molar-refractivity contribution in [3.8, 4) is 0 Å². The molecule has 0 spiro atoms. The molecule has 1 unspecified atom stereocenters. The molecule has 0 aliphatic carbocycles. The monoisotopic (exact) mass is 328 g/mol. The van der Waals surface area contributed by atoms with E-state index in [1.165, 1.54) is 24.3 Å². The third kappa shape index (κ3) is 4.48. The second-order valence-corrected chi connectivity index (χ2v) is 4.78. The molecule has 2 amide bonds. The molecule has 8 heteroatoms. The molecule has 8 nitrogen and oxygen atoms in total. The van der Waals surface area contributed by atoms with Gasteiger partial charge < -0.3 is 10.5 Å². The molecule has 0 fully saturated rings. The minimum Gasteiger partial charge on any atom is -0.595 e. The van der Waals surface area contributed by atoms with E-state index in [4.69, 9.17) is 11.0 Å². The molecule has 0 aliphatic heterocycles. The summed E-state index contributed by atoms with van der Waals surface area (Å²) in [5.74, 6) is 3.94. The van der Waals surface area contributed by atoms with Gasteiger partial charge in [0.05, 0.1) is 0 Å². The summed E-state index contributed by atoms with van der Waals surface area (Å²) in [6.07, 6.45) is 1.34. The van der Waals surface area contributed by atoms with Gasteiger partial charge in [0.1, 0.15) is 5.70 Å². The maximum Gasteiger partial charge on any atom is 0.281 e. The molecule has 0 saturated carbocycles. The summed E-state index contributed by atoms with van der Waals surface area (Å²) in [6, 6.07) is 14.3. The standard InChI is InChI=1S/C16H16N4O4/c17-19-16(22)14(18-15(21)12-6-2-1-3-7-12)10-11-5-4-8-13(9-11)20(23)24/h1-10,20,23H,17H2,(H,18,21)(H,19,22)/b14-10-. The van der Waals surface area contributed by atoms with Gasteiger partial charge in [-0.15, -0.1) is 0 Å². The van der Waals surface area contributed by atoms with E-state index in [0.29, 0.717) is 11.1 Å². The van der Waals surface area contributed by atoms with Crippen molar-refractivity contribution in [2.24, 2.45) is 5.84 Å². The van der Waals surface area contributed by atoms with Gasteiger partial charge in [-0.3, -0.25) is 15.0 Å². The highest BCUT2D eigenvalue weighted by molar-refractivity contribution is 6.05. The molecule has 124 valence electrons. The highest BCUT2D eigenvalue weighted by Crippen LogP contribution is 2.11. The molecule has 1 atom stereocenters. The molecular weight excluding hydrogens is 312 g/mol. The van der Waals surface area contributed by atoms with Gasteiger partial charge in [-0.05, 0) is 23.8 Å². The number of rotatable bonds is 5. The minimum absolute atomic E-state index is 0.0608. The molecule has 2 aromatic carbocycles. The van der Waals surface area contributed by atoms with Crippen LogP contribution in [0.4, 0.5) is 5.69 Å². The maximum atomic E-state index is 12.2. The fourth-order valence-electron chi connectivity index (χ4n) is 1.95. The largest absolute Gasteiger partial charge is 0.595 e. The van der Waals surface area contributed by atoms with Gasteiger partial charge in [0.25, 0.3) is 11.8 Å². The zero-order chi connectivity index (χ0) is 17.5. The van der Waals surface area contributed by atoms with Crippen molar-refractivity contribution in [1.82, 2.24) is 10.7 Å². The van der Waals surface area contributed by atoms with E-state index in [0.717, 1.165) is 0 Å². The molecule has 2 rings (SSSR count). The first-order chi connectivity index (χ1) is 11.5. The van der Waals surface area contributed by atoms with Gasteiger partial charge in [-0.1, -0.05) is 30.3 Å². The van der Waals surface area contributed by atoms with E-state index in [1.54, 1.807) is 36.4 Å². The maximum absolute atomic E-state index is 12.2. The van der Waals surface area contributed by atoms with Crippen molar-refractivity contribution in [1.29, 1.82) is 0 Å². The van der Waals surface area contributed by atoms with Crippen LogP contribution in [-0.4, -0.2) is 17.0 Å². The molecule has 0 heterocycles. The SMILES string of the molecule is NNC(=O)/C(=C/c1cccc([NH+]([O-])O)c1)NC(=O)c1ccccc1. The Morgan fingerprint density at radius 1 is 1.12 bits per heavy atom. The smallest absolute Gasteiger partial charge is 0.281 e. The average molecular weight is 328 g/mol. The van der Waals surface area contributed by atoms with E-state index in [2.05, 4.69) is 5.32 Å². The summed E-state index contributed by atoms with van der Waals surface area (Å²) >= 11 is 0. The van der Waals surface area contributed by atoms with E-state index in [1.807, 2.05) is 5.43 Å². The van der Waals surface area contributed by atoms with E-state index < -0.39 is 17.0 Å². The molecule has 0 aromatic heterocycles. The number of carbonyl (C=O) groups excluding carboxylic acids is 2. The van der Waals surface area contributed by atoms with Crippen LogP contribution in [0.25, 0.3) is 6.08 Å². The molecule has 0 aliphatic rings. The summed E-state index contributed by atoms with van der Waals surface area (Å²) in [5.41, 5.74) is 2.70. The number of amides is 2. The minimum atomic E-state index is -1.09. The van der Waals surface area contributed by atoms with Crippen LogP contribution < -0.4 is 21.8 Å². The fourth-order valence-corrected chi connectivity index (χ4v) is 1.95. The average Bonchev–Trinajstić information content (AvgIpc) is 2.61. The predicted octanol–water partition coefficient (Wildman–Crippen LogP) is -0.149. The van der Waals surface area contributed by atoms with Crippen molar-refractivity contribution >= 4 is 23.6 Å². The quantitative estimate of drug-likeness (QED) is 0.225. The van der Waals surface area contributed by atoms with Gasteiger partial charge in [0.15, 0.2) is 5.69 Å². The van der Waals surface area contributed by atoms with E-state index in [-0.39, 0.29) is 11.4 Å². The molecule has 0 radical (unpaired) electrons. The Labute approximate surface area is 137 Å². The van der Waals surface area contributed by atoms with Crippen LogP contribution >= 0.6 is 0 Å². The number of quaternary nitrogens is 1. The van der Waals surface area contributed by atoms with Crippen molar-refractivity contribution in [2.75, 3.05) is 0 Å². The first kappa shape index (κ1) is 17.3. The second-order valence-electron chi connectivity index (χ2n) is 4.78. The molecule has 0 bridgehead atoms. The van der Waals surface area contributed by atoms with Crippen molar-refractivity contribution in [3.63, 3.8) is 0 Å². The number of carbonyl (C=O) groups is 2. The summed E-state index contributed by atoms with van der Waals surface area (Å²) in [6.45, 7) is 0. The van der Waals surface area contributed by atoms with Gasteiger partial charge in [0, 0.05) is 17.7 Å². The first-order valence-electron chi connectivity index (χ1n) is 6.93. The van der Waals surface area contributed by atoms with Crippen LogP contribution in [0, 0.1) is 5.21 Å². The third-order valence-corrected chi connectivity index (χ3v) is 3.10. The van der Waals surface area contributed by atoms with Crippen LogP contribution in [0.3, 0.4) is 0 Å². The Hall–Kier alpha value is -3.04. The lowest BCUT2D eigenvalue weighted by Gasteiger charge is -2.12. The van der Waals surface area contributed by atoms with Crippen LogP contribution in [-0.2, 0) is 4.79 Å². The number of nitrogens with two attached hydrogens (primary N) is 1. The van der Waals surface area contributed by atoms with Gasteiger partial charge >= 0.3 is 0 Å². The first-order valence-corrected chi connectivity index (χ1v) is 6.93. The summed E-state index contributed by atoms with van der Waals surface area (Å²) in [4.78, 5) is 24.0. The van der Waals surface area contributed by atoms with Crippen molar-refractivity contribution in [2.45, 2.75) is 0 Å². The summed E-state index contributed by atoms with van der Waals surface area (Å²) < 4.78 is 0. The Kier molecular flexibility index (Phi) is 5.77. The normalized spacial score (nSPS) is 12.4. The Morgan fingerprint density at radius 2 is 1.83 bits per heavy atom. The zero-order valence-electron chi connectivity index (χ0n) is 12.5. The molecule has 0 saturated heterocycles. The zero-order valence-corrected chi connectivity index (χ0v) is 12.5. The van der Waals surface area contributed by atoms with Crippen LogP contribution in [0.15, 0.2) is 60.3 Å². The van der Waals surface area contributed by atoms with Crippen LogP contribution in [0.5, 0.6) is 0 Å². The van der Waals surface area contributed by atoms with Crippen molar-refractivity contribution < 1.29 is 20.0 Å². The topological polar surface area (TPSA) is 132 Å². The highest BCUT2D eigenvalue weighted by atomic mass is 16.8. The summed E-state index contributed by atoms with van der Waals surface area (Å²) in [5, 5.41) is 21.4. The van der Waals surface area contributed by atoms with Crippen molar-refractivity contribution in [3.05, 3.63) is 76.6 Å². The Morgan fingerprint density at radius 3 is 2.46 bits per heavy atom. The fraction of sp³-hybridized carbons (Fsp3) is 0. The molecular formula is C16H16N4O4. The number of hydrogen-bond donors (Lipinski definition) is 5. The third-order valence-electron chi connectivity index (χ3n) is 3.10. The van der Waals surface area contributed by atoms with Gasteiger partial charge in [-0.2, -0.15) is 5.23 Å².